The molecule has 0 bridgehead atoms. The quantitative estimate of drug-likeness (QED) is 0.473. The van der Waals surface area contributed by atoms with E-state index in [1.165, 1.54) is 10.8 Å². The van der Waals surface area contributed by atoms with Crippen LogP contribution in [0.4, 0.5) is 0 Å². The van der Waals surface area contributed by atoms with Crippen LogP contribution < -0.4 is 4.74 Å². The van der Waals surface area contributed by atoms with Gasteiger partial charge < -0.3 is 4.74 Å². The van der Waals surface area contributed by atoms with Crippen molar-refractivity contribution in [2.45, 2.75) is 32.0 Å². The van der Waals surface area contributed by atoms with E-state index >= 15 is 0 Å². The highest BCUT2D eigenvalue weighted by Gasteiger charge is 2.45. The molecule has 0 aromatic heterocycles. The lowest BCUT2D eigenvalue weighted by Crippen LogP contribution is -2.48. The normalized spacial score (nSPS) is 20.1. The lowest BCUT2D eigenvalue weighted by Gasteiger charge is -2.44. The van der Waals surface area contributed by atoms with Crippen molar-refractivity contribution in [3.05, 3.63) is 75.8 Å². The number of benzene rings is 3. The van der Waals surface area contributed by atoms with Gasteiger partial charge in [0.05, 0.1) is 16.8 Å². The number of hydrogen-bond donors (Lipinski definition) is 0. The fourth-order valence-electron chi connectivity index (χ4n) is 4.02. The van der Waals surface area contributed by atoms with Gasteiger partial charge in [-0.15, -0.1) is 0 Å². The second kappa shape index (κ2) is 5.88. The number of hydrazone groups is 1. The number of fused-ring (bicyclic) bond motifs is 4. The molecule has 1 atom stereocenters. The van der Waals surface area contributed by atoms with Crippen molar-refractivity contribution >= 4 is 39.7 Å². The summed E-state index contributed by atoms with van der Waals surface area (Å²) < 4.78 is 6.20. The lowest BCUT2D eigenvalue weighted by molar-refractivity contribution is -0.0910. The van der Waals surface area contributed by atoms with Gasteiger partial charge in [-0.2, -0.15) is 5.10 Å². The Hall–Kier alpha value is -2.23. The Balaban J connectivity index is 1.60. The summed E-state index contributed by atoms with van der Waals surface area (Å²) in [5, 5.41) is 10.6. The highest BCUT2D eigenvalue weighted by molar-refractivity contribution is 6.35. The molecule has 2 aliphatic rings. The molecule has 5 rings (SSSR count). The summed E-state index contributed by atoms with van der Waals surface area (Å²) in [6.45, 7) is 4.03. The summed E-state index contributed by atoms with van der Waals surface area (Å²) in [6.07, 6.45) is 0.787. The van der Waals surface area contributed by atoms with E-state index in [9.17, 15) is 0 Å². The van der Waals surface area contributed by atoms with Crippen LogP contribution in [0.3, 0.4) is 0 Å². The Morgan fingerprint density at radius 2 is 1.81 bits per heavy atom. The molecule has 3 aromatic rings. The SMILES string of the molecule is CC1(C)Oc2c(Cl)cc(Cl)cc2[C@@H]2CC(c3ccc4ccccc4c3)=NN21. The standard InChI is InChI=1S/C22H18Cl2N2O/c1-22(2)26-20(17-10-16(23)11-18(24)21(17)27-22)12-19(25-26)15-8-7-13-5-3-4-6-14(13)9-15/h3-11,20H,12H2,1-2H3/t20-/m0/s1. The van der Waals surface area contributed by atoms with Crippen molar-refractivity contribution in [2.75, 3.05) is 0 Å². The van der Waals surface area contributed by atoms with Gasteiger partial charge in [0.1, 0.15) is 5.75 Å². The Kier molecular flexibility index (Phi) is 3.68. The van der Waals surface area contributed by atoms with Crippen LogP contribution in [0.5, 0.6) is 5.75 Å². The summed E-state index contributed by atoms with van der Waals surface area (Å²) in [5.41, 5.74) is 2.58. The summed E-state index contributed by atoms with van der Waals surface area (Å²) in [7, 11) is 0. The molecule has 0 saturated carbocycles. The smallest absolute Gasteiger partial charge is 0.192 e. The van der Waals surface area contributed by atoms with E-state index in [4.69, 9.17) is 33.0 Å². The van der Waals surface area contributed by atoms with Crippen LogP contribution in [0, 0.1) is 0 Å². The first kappa shape index (κ1) is 16.9. The maximum atomic E-state index is 6.42. The van der Waals surface area contributed by atoms with Crippen molar-refractivity contribution < 1.29 is 4.74 Å². The topological polar surface area (TPSA) is 24.8 Å². The lowest BCUT2D eigenvalue weighted by atomic mass is 9.94. The van der Waals surface area contributed by atoms with E-state index in [0.29, 0.717) is 15.8 Å². The van der Waals surface area contributed by atoms with E-state index in [0.717, 1.165) is 23.3 Å². The van der Waals surface area contributed by atoms with Crippen LogP contribution in [0.2, 0.25) is 10.0 Å². The maximum absolute atomic E-state index is 6.42. The Morgan fingerprint density at radius 1 is 1.04 bits per heavy atom. The van der Waals surface area contributed by atoms with E-state index in [1.54, 1.807) is 6.07 Å². The van der Waals surface area contributed by atoms with Gasteiger partial charge in [0.25, 0.3) is 0 Å². The average Bonchev–Trinajstić information content (AvgIpc) is 3.09. The fraction of sp³-hybridized carbons (Fsp3) is 0.227. The molecule has 0 unspecified atom stereocenters. The molecule has 27 heavy (non-hydrogen) atoms. The van der Waals surface area contributed by atoms with Gasteiger partial charge in [-0.25, -0.2) is 5.01 Å². The zero-order chi connectivity index (χ0) is 18.8. The van der Waals surface area contributed by atoms with Crippen molar-refractivity contribution in [3.8, 4) is 5.75 Å². The minimum atomic E-state index is -0.590. The van der Waals surface area contributed by atoms with E-state index in [-0.39, 0.29) is 6.04 Å². The molecular formula is C22H18Cl2N2O. The van der Waals surface area contributed by atoms with Crippen molar-refractivity contribution in [1.82, 2.24) is 5.01 Å². The molecule has 0 aliphatic carbocycles. The van der Waals surface area contributed by atoms with Crippen LogP contribution in [-0.4, -0.2) is 16.4 Å². The van der Waals surface area contributed by atoms with E-state index in [2.05, 4.69) is 42.5 Å². The van der Waals surface area contributed by atoms with Crippen LogP contribution >= 0.6 is 23.2 Å². The average molecular weight is 397 g/mol. The van der Waals surface area contributed by atoms with Crippen LogP contribution in [-0.2, 0) is 0 Å². The van der Waals surface area contributed by atoms with Crippen LogP contribution in [0.15, 0.2) is 59.7 Å². The van der Waals surface area contributed by atoms with Crippen molar-refractivity contribution in [2.24, 2.45) is 5.10 Å². The van der Waals surface area contributed by atoms with Crippen molar-refractivity contribution in [3.63, 3.8) is 0 Å². The molecule has 0 saturated heterocycles. The van der Waals surface area contributed by atoms with Gasteiger partial charge in [-0.3, -0.25) is 0 Å². The third-order valence-corrected chi connectivity index (χ3v) is 5.79. The molecule has 3 aromatic carbocycles. The number of ether oxygens (including phenoxy) is 1. The Labute approximate surface area is 168 Å². The molecule has 3 nitrogen and oxygen atoms in total. The molecule has 5 heteroatoms. The number of nitrogens with zero attached hydrogens (tertiary/aromatic N) is 2. The maximum Gasteiger partial charge on any atom is 0.192 e. The second-order valence-corrected chi connectivity index (χ2v) is 8.37. The number of halogens is 2. The van der Waals surface area contributed by atoms with Crippen LogP contribution in [0.25, 0.3) is 10.8 Å². The Morgan fingerprint density at radius 3 is 2.63 bits per heavy atom. The van der Waals surface area contributed by atoms with Gasteiger partial charge in [0.2, 0.25) is 0 Å². The van der Waals surface area contributed by atoms with Gasteiger partial charge >= 0.3 is 0 Å². The molecule has 0 radical (unpaired) electrons. The van der Waals surface area contributed by atoms with Gasteiger partial charge in [-0.1, -0.05) is 59.6 Å². The van der Waals surface area contributed by atoms with Crippen molar-refractivity contribution in [1.29, 1.82) is 0 Å². The van der Waals surface area contributed by atoms with E-state index < -0.39 is 5.72 Å². The minimum absolute atomic E-state index is 0.0569. The fourth-order valence-corrected chi connectivity index (χ4v) is 4.57. The molecule has 2 aliphatic heterocycles. The minimum Gasteiger partial charge on any atom is -0.465 e. The highest BCUT2D eigenvalue weighted by atomic mass is 35.5. The highest BCUT2D eigenvalue weighted by Crippen LogP contribution is 2.50. The summed E-state index contributed by atoms with van der Waals surface area (Å²) in [5.74, 6) is 0.710. The molecule has 136 valence electrons. The van der Waals surface area contributed by atoms with Gasteiger partial charge in [0, 0.05) is 17.0 Å². The van der Waals surface area contributed by atoms with Gasteiger partial charge in [0.15, 0.2) is 5.72 Å². The third kappa shape index (κ3) is 2.69. The number of hydrogen-bond acceptors (Lipinski definition) is 3. The molecule has 0 amide bonds. The summed E-state index contributed by atoms with van der Waals surface area (Å²) in [6, 6.07) is 18.6. The molecular weight excluding hydrogens is 379 g/mol. The van der Waals surface area contributed by atoms with E-state index in [1.807, 2.05) is 24.9 Å². The predicted octanol–water partition coefficient (Wildman–Crippen LogP) is 6.43. The zero-order valence-corrected chi connectivity index (χ0v) is 16.6. The Bertz CT molecular complexity index is 1110. The number of rotatable bonds is 1. The molecule has 2 heterocycles. The largest absolute Gasteiger partial charge is 0.465 e. The molecule has 0 N–H and O–H groups in total. The zero-order valence-electron chi connectivity index (χ0n) is 15.0. The van der Waals surface area contributed by atoms with Gasteiger partial charge in [-0.05, 0) is 48.4 Å². The van der Waals surface area contributed by atoms with Crippen LogP contribution in [0.1, 0.15) is 37.4 Å². The predicted molar refractivity (Wildman–Crippen MR) is 111 cm³/mol. The second-order valence-electron chi connectivity index (χ2n) is 7.53. The summed E-state index contributed by atoms with van der Waals surface area (Å²) >= 11 is 12.7. The molecule has 0 fully saturated rings. The first-order chi connectivity index (χ1) is 12.9. The summed E-state index contributed by atoms with van der Waals surface area (Å²) in [4.78, 5) is 0. The first-order valence-electron chi connectivity index (χ1n) is 8.96. The third-order valence-electron chi connectivity index (χ3n) is 5.29. The monoisotopic (exact) mass is 396 g/mol. The first-order valence-corrected chi connectivity index (χ1v) is 9.72. The molecule has 0 spiro atoms.